The van der Waals surface area contributed by atoms with Gasteiger partial charge in [-0.25, -0.2) is 9.97 Å². The second-order valence-electron chi connectivity index (χ2n) is 6.50. The SMILES string of the molecule is CC(C)(C)CC(=O)Nc1nc2cc(Cl)cnc2n1C1=CC=C1. The van der Waals surface area contributed by atoms with Crippen molar-refractivity contribution in [1.82, 2.24) is 14.5 Å². The topological polar surface area (TPSA) is 59.8 Å². The third-order valence-electron chi connectivity index (χ3n) is 3.20. The van der Waals surface area contributed by atoms with Crippen molar-refractivity contribution >= 4 is 40.3 Å². The van der Waals surface area contributed by atoms with Crippen molar-refractivity contribution in [3.05, 3.63) is 35.5 Å². The van der Waals surface area contributed by atoms with E-state index in [0.717, 1.165) is 5.70 Å². The summed E-state index contributed by atoms with van der Waals surface area (Å²) in [7, 11) is 0. The van der Waals surface area contributed by atoms with Gasteiger partial charge in [0.05, 0.1) is 10.7 Å². The standard InChI is InChI=1S/C16H17ClN4O/c1-16(2,3)8-13(22)20-15-19-12-7-10(17)9-18-14(12)21(15)11-5-4-6-11/h4-7,9H,8H2,1-3H3,(H,19,20,22). The van der Waals surface area contributed by atoms with Crippen LogP contribution in [0.5, 0.6) is 0 Å². The average Bonchev–Trinajstić information content (AvgIpc) is 2.62. The van der Waals surface area contributed by atoms with E-state index < -0.39 is 0 Å². The Morgan fingerprint density at radius 2 is 2.14 bits per heavy atom. The number of rotatable bonds is 3. The Bertz CT molecular complexity index is 811. The fourth-order valence-electron chi connectivity index (χ4n) is 2.25. The number of allylic oxidation sites excluding steroid dienone is 4. The van der Waals surface area contributed by atoms with Crippen LogP contribution in [-0.4, -0.2) is 20.4 Å². The van der Waals surface area contributed by atoms with Crippen molar-refractivity contribution in [2.45, 2.75) is 27.2 Å². The number of pyridine rings is 1. The van der Waals surface area contributed by atoms with E-state index in [1.165, 1.54) is 0 Å². The number of amides is 1. The maximum Gasteiger partial charge on any atom is 0.227 e. The summed E-state index contributed by atoms with van der Waals surface area (Å²) >= 11 is 5.97. The fraction of sp³-hybridized carbons (Fsp3) is 0.312. The minimum atomic E-state index is -0.0852. The van der Waals surface area contributed by atoms with E-state index in [1.807, 2.05) is 43.6 Å². The lowest BCUT2D eigenvalue weighted by atomic mass is 9.92. The Balaban J connectivity index is 1.99. The third kappa shape index (κ3) is 2.90. The lowest BCUT2D eigenvalue weighted by Crippen LogP contribution is -2.21. The molecule has 1 amide bonds. The van der Waals surface area contributed by atoms with E-state index in [-0.39, 0.29) is 11.3 Å². The molecule has 2 aromatic heterocycles. The molecule has 1 aliphatic rings. The van der Waals surface area contributed by atoms with E-state index in [9.17, 15) is 4.79 Å². The summed E-state index contributed by atoms with van der Waals surface area (Å²) in [4.78, 5) is 21.0. The largest absolute Gasteiger partial charge is 0.296 e. The number of nitrogens with one attached hydrogen (secondary N) is 1. The predicted molar refractivity (Wildman–Crippen MR) is 88.7 cm³/mol. The number of fused-ring (bicyclic) bond motifs is 1. The van der Waals surface area contributed by atoms with Crippen LogP contribution >= 0.6 is 11.6 Å². The molecule has 0 aromatic carbocycles. The molecule has 0 radical (unpaired) electrons. The number of carbonyl (C=O) groups is 1. The average molecular weight is 317 g/mol. The van der Waals surface area contributed by atoms with Gasteiger partial charge in [-0.1, -0.05) is 38.4 Å². The molecule has 5 nitrogen and oxygen atoms in total. The van der Waals surface area contributed by atoms with Gasteiger partial charge in [-0.15, -0.1) is 0 Å². The molecule has 0 unspecified atom stereocenters. The highest BCUT2D eigenvalue weighted by atomic mass is 35.5. The van der Waals surface area contributed by atoms with E-state index in [0.29, 0.717) is 28.6 Å². The minimum absolute atomic E-state index is 0.0703. The number of imidazole rings is 1. The molecule has 2 aromatic rings. The number of aromatic nitrogens is 3. The first-order valence-electron chi connectivity index (χ1n) is 7.06. The maximum atomic E-state index is 12.2. The Labute approximate surface area is 133 Å². The van der Waals surface area contributed by atoms with Crippen LogP contribution in [0.3, 0.4) is 0 Å². The zero-order valence-electron chi connectivity index (χ0n) is 12.7. The highest BCUT2D eigenvalue weighted by molar-refractivity contribution is 6.31. The van der Waals surface area contributed by atoms with Crippen molar-refractivity contribution in [2.75, 3.05) is 5.32 Å². The summed E-state index contributed by atoms with van der Waals surface area (Å²) in [6.07, 6.45) is 7.80. The monoisotopic (exact) mass is 316 g/mol. The number of anilines is 1. The molecule has 22 heavy (non-hydrogen) atoms. The van der Waals surface area contributed by atoms with Gasteiger partial charge in [0.1, 0.15) is 5.52 Å². The molecule has 1 N–H and O–H groups in total. The Morgan fingerprint density at radius 1 is 1.41 bits per heavy atom. The van der Waals surface area contributed by atoms with Crippen LogP contribution in [0.2, 0.25) is 5.02 Å². The zero-order chi connectivity index (χ0) is 15.9. The molecule has 6 heteroatoms. The Hall–Kier alpha value is -2.14. The van der Waals surface area contributed by atoms with Crippen LogP contribution in [0, 0.1) is 5.41 Å². The fourth-order valence-corrected chi connectivity index (χ4v) is 2.40. The molecule has 0 fully saturated rings. The van der Waals surface area contributed by atoms with Crippen LogP contribution in [0.25, 0.3) is 16.9 Å². The minimum Gasteiger partial charge on any atom is -0.296 e. The van der Waals surface area contributed by atoms with Crippen LogP contribution in [-0.2, 0) is 4.79 Å². The van der Waals surface area contributed by atoms with Gasteiger partial charge >= 0.3 is 0 Å². The molecule has 1 aliphatic carbocycles. The molecule has 114 valence electrons. The smallest absolute Gasteiger partial charge is 0.227 e. The summed E-state index contributed by atoms with van der Waals surface area (Å²) in [6.45, 7) is 6.07. The number of carbonyl (C=O) groups excluding carboxylic acids is 1. The van der Waals surface area contributed by atoms with Gasteiger partial charge in [0.2, 0.25) is 11.9 Å². The molecule has 0 atom stereocenters. The highest BCUT2D eigenvalue weighted by Crippen LogP contribution is 2.28. The second kappa shape index (κ2) is 5.25. The van der Waals surface area contributed by atoms with E-state index >= 15 is 0 Å². The number of nitrogens with zero attached hydrogens (tertiary/aromatic N) is 3. The summed E-state index contributed by atoms with van der Waals surface area (Å²) in [5.41, 5.74) is 2.17. The summed E-state index contributed by atoms with van der Waals surface area (Å²) in [6, 6.07) is 1.74. The Kier molecular flexibility index (Phi) is 3.53. The second-order valence-corrected chi connectivity index (χ2v) is 6.94. The van der Waals surface area contributed by atoms with Crippen LogP contribution in [0.4, 0.5) is 5.95 Å². The van der Waals surface area contributed by atoms with Crippen molar-refractivity contribution in [3.8, 4) is 0 Å². The third-order valence-corrected chi connectivity index (χ3v) is 3.40. The lowest BCUT2D eigenvalue weighted by Gasteiger charge is -2.18. The van der Waals surface area contributed by atoms with Crippen molar-refractivity contribution < 1.29 is 4.79 Å². The number of halogens is 1. The van der Waals surface area contributed by atoms with Crippen LogP contribution < -0.4 is 5.32 Å². The summed E-state index contributed by atoms with van der Waals surface area (Å²) in [5.74, 6) is 0.397. The molecule has 0 saturated heterocycles. The first kappa shape index (κ1) is 14.8. The molecular weight excluding hydrogens is 300 g/mol. The van der Waals surface area contributed by atoms with Gasteiger partial charge in [-0.3, -0.25) is 14.7 Å². The quantitative estimate of drug-likeness (QED) is 0.935. The van der Waals surface area contributed by atoms with Gasteiger partial charge in [-0.2, -0.15) is 0 Å². The van der Waals surface area contributed by atoms with E-state index in [2.05, 4.69) is 15.3 Å². The maximum absolute atomic E-state index is 12.2. The Morgan fingerprint density at radius 3 is 2.73 bits per heavy atom. The van der Waals surface area contributed by atoms with Crippen molar-refractivity contribution in [3.63, 3.8) is 0 Å². The first-order valence-corrected chi connectivity index (χ1v) is 7.44. The lowest BCUT2D eigenvalue weighted by molar-refractivity contribution is -0.117. The van der Waals surface area contributed by atoms with Gasteiger partial charge < -0.3 is 0 Å². The van der Waals surface area contributed by atoms with Crippen molar-refractivity contribution in [2.24, 2.45) is 5.41 Å². The predicted octanol–water partition coefficient (Wildman–Crippen LogP) is 3.87. The molecule has 0 aliphatic heterocycles. The molecule has 0 bridgehead atoms. The first-order chi connectivity index (χ1) is 10.3. The molecule has 0 saturated carbocycles. The summed E-state index contributed by atoms with van der Waals surface area (Å²) < 4.78 is 1.83. The van der Waals surface area contributed by atoms with Gasteiger partial charge in [0.25, 0.3) is 0 Å². The van der Waals surface area contributed by atoms with Crippen LogP contribution in [0.1, 0.15) is 27.2 Å². The normalized spacial score (nSPS) is 13.9. The van der Waals surface area contributed by atoms with E-state index in [4.69, 9.17) is 11.6 Å². The molecule has 3 rings (SSSR count). The number of hydrogen-bond donors (Lipinski definition) is 1. The zero-order valence-corrected chi connectivity index (χ0v) is 13.5. The van der Waals surface area contributed by atoms with Gasteiger partial charge in [0, 0.05) is 12.6 Å². The molecular formula is C16H17ClN4O. The summed E-state index contributed by atoms with van der Waals surface area (Å²) in [5, 5.41) is 3.40. The molecule has 2 heterocycles. The van der Waals surface area contributed by atoms with Crippen LogP contribution in [0.15, 0.2) is 30.5 Å². The van der Waals surface area contributed by atoms with Gasteiger partial charge in [0.15, 0.2) is 5.65 Å². The molecule has 0 spiro atoms. The van der Waals surface area contributed by atoms with Crippen molar-refractivity contribution in [1.29, 1.82) is 0 Å². The van der Waals surface area contributed by atoms with E-state index in [1.54, 1.807) is 12.3 Å². The number of hydrogen-bond acceptors (Lipinski definition) is 3. The highest BCUT2D eigenvalue weighted by Gasteiger charge is 2.21. The van der Waals surface area contributed by atoms with Gasteiger partial charge in [-0.05, 0) is 23.6 Å².